The number of nitro groups is 1. The van der Waals surface area contributed by atoms with Crippen LogP contribution >= 0.6 is 0 Å². The Kier molecular flexibility index (Phi) is 5.96. The Morgan fingerprint density at radius 1 is 0.926 bits per heavy atom. The van der Waals surface area contributed by atoms with Crippen molar-refractivity contribution >= 4 is 17.2 Å². The van der Waals surface area contributed by atoms with Crippen LogP contribution in [0.25, 0.3) is 0 Å². The fourth-order valence-corrected chi connectivity index (χ4v) is 2.69. The van der Waals surface area contributed by atoms with Crippen molar-refractivity contribution in [3.63, 3.8) is 0 Å². The Morgan fingerprint density at radius 2 is 1.48 bits per heavy atom. The standard InChI is InChI=1S/C20H20N4O3/c25-14-17-11-18(21-12-15-7-3-1-4-8-15)19(24(26)27)20(23-17)22-13-16-9-5-2-6-10-16/h1-11,25H,12-14H2,(H2,21,22,23). The van der Waals surface area contributed by atoms with Crippen molar-refractivity contribution < 1.29 is 10.0 Å². The third-order valence-electron chi connectivity index (χ3n) is 4.02. The van der Waals surface area contributed by atoms with Gasteiger partial charge in [0, 0.05) is 13.1 Å². The number of nitrogens with zero attached hydrogens (tertiary/aromatic N) is 2. The molecule has 0 amide bonds. The van der Waals surface area contributed by atoms with Gasteiger partial charge in [0.05, 0.1) is 17.2 Å². The summed E-state index contributed by atoms with van der Waals surface area (Å²) in [6, 6.07) is 20.6. The van der Waals surface area contributed by atoms with Crippen LogP contribution in [0.15, 0.2) is 66.7 Å². The van der Waals surface area contributed by atoms with Crippen LogP contribution in [-0.2, 0) is 19.7 Å². The van der Waals surface area contributed by atoms with Crippen LogP contribution in [0.2, 0.25) is 0 Å². The number of pyridine rings is 1. The van der Waals surface area contributed by atoms with Gasteiger partial charge >= 0.3 is 5.69 Å². The molecule has 0 aliphatic carbocycles. The molecule has 3 N–H and O–H groups in total. The molecule has 7 heteroatoms. The summed E-state index contributed by atoms with van der Waals surface area (Å²) in [5, 5.41) is 27.3. The zero-order valence-electron chi connectivity index (χ0n) is 14.6. The van der Waals surface area contributed by atoms with Gasteiger partial charge in [-0.2, -0.15) is 0 Å². The molecule has 0 spiro atoms. The van der Waals surface area contributed by atoms with Gasteiger partial charge in [0.25, 0.3) is 0 Å². The molecule has 7 nitrogen and oxygen atoms in total. The van der Waals surface area contributed by atoms with E-state index in [-0.39, 0.29) is 18.1 Å². The maximum absolute atomic E-state index is 11.7. The molecule has 0 saturated heterocycles. The number of anilines is 2. The van der Waals surface area contributed by atoms with Crippen molar-refractivity contribution in [1.82, 2.24) is 4.98 Å². The highest BCUT2D eigenvalue weighted by atomic mass is 16.6. The molecule has 0 aliphatic heterocycles. The van der Waals surface area contributed by atoms with Crippen LogP contribution in [0.5, 0.6) is 0 Å². The Morgan fingerprint density at radius 3 is 2.00 bits per heavy atom. The topological polar surface area (TPSA) is 100 Å². The van der Waals surface area contributed by atoms with E-state index in [2.05, 4.69) is 15.6 Å². The molecule has 1 heterocycles. The minimum Gasteiger partial charge on any atom is -0.390 e. The molecular weight excluding hydrogens is 344 g/mol. The summed E-state index contributed by atoms with van der Waals surface area (Å²) < 4.78 is 0. The SMILES string of the molecule is O=[N+]([O-])c1c(NCc2ccccc2)cc(CO)nc1NCc1ccccc1. The third-order valence-corrected chi connectivity index (χ3v) is 4.02. The van der Waals surface area contributed by atoms with Crippen molar-refractivity contribution in [2.24, 2.45) is 0 Å². The largest absolute Gasteiger partial charge is 0.390 e. The zero-order chi connectivity index (χ0) is 19.1. The predicted molar refractivity (Wildman–Crippen MR) is 104 cm³/mol. The lowest BCUT2D eigenvalue weighted by Gasteiger charge is -2.13. The monoisotopic (exact) mass is 364 g/mol. The lowest BCUT2D eigenvalue weighted by molar-refractivity contribution is -0.383. The lowest BCUT2D eigenvalue weighted by atomic mass is 10.2. The van der Waals surface area contributed by atoms with Gasteiger partial charge in [0.2, 0.25) is 5.82 Å². The number of aliphatic hydroxyl groups is 1. The minimum atomic E-state index is -0.463. The molecule has 0 fully saturated rings. The molecule has 0 unspecified atom stereocenters. The van der Waals surface area contributed by atoms with E-state index >= 15 is 0 Å². The molecule has 27 heavy (non-hydrogen) atoms. The molecule has 0 radical (unpaired) electrons. The summed E-state index contributed by atoms with van der Waals surface area (Å²) in [7, 11) is 0. The van der Waals surface area contributed by atoms with Gasteiger partial charge in [-0.3, -0.25) is 10.1 Å². The molecule has 3 aromatic rings. The van der Waals surface area contributed by atoms with Crippen molar-refractivity contribution in [2.45, 2.75) is 19.7 Å². The average Bonchev–Trinajstić information content (AvgIpc) is 2.71. The quantitative estimate of drug-likeness (QED) is 0.416. The van der Waals surface area contributed by atoms with Gasteiger partial charge in [-0.15, -0.1) is 0 Å². The van der Waals surface area contributed by atoms with Gasteiger partial charge in [-0.1, -0.05) is 60.7 Å². The molecular formula is C20H20N4O3. The van der Waals surface area contributed by atoms with Crippen molar-refractivity contribution in [3.05, 3.63) is 93.7 Å². The first-order chi connectivity index (χ1) is 13.2. The molecule has 138 valence electrons. The molecule has 0 bridgehead atoms. The van der Waals surface area contributed by atoms with Crippen LogP contribution < -0.4 is 10.6 Å². The Bertz CT molecular complexity index is 837. The van der Waals surface area contributed by atoms with Crippen LogP contribution in [0, 0.1) is 10.1 Å². The fourth-order valence-electron chi connectivity index (χ4n) is 2.69. The second-order valence-corrected chi connectivity index (χ2v) is 5.95. The van der Waals surface area contributed by atoms with E-state index in [1.165, 1.54) is 6.07 Å². The summed E-state index contributed by atoms with van der Waals surface area (Å²) in [5.74, 6) is 0.131. The lowest BCUT2D eigenvalue weighted by Crippen LogP contribution is -2.10. The third kappa shape index (κ3) is 4.80. The molecule has 0 aliphatic rings. The maximum atomic E-state index is 11.7. The van der Waals surface area contributed by atoms with Crippen molar-refractivity contribution in [1.29, 1.82) is 0 Å². The first kappa shape index (κ1) is 18.3. The summed E-state index contributed by atoms with van der Waals surface area (Å²) >= 11 is 0. The number of hydrogen-bond donors (Lipinski definition) is 3. The zero-order valence-corrected chi connectivity index (χ0v) is 14.6. The molecule has 0 atom stereocenters. The second-order valence-electron chi connectivity index (χ2n) is 5.95. The Balaban J connectivity index is 1.88. The summed E-state index contributed by atoms with van der Waals surface area (Å²) in [6.45, 7) is 0.508. The van der Waals surface area contributed by atoms with Gasteiger partial charge in [-0.25, -0.2) is 4.98 Å². The van der Waals surface area contributed by atoms with E-state index < -0.39 is 4.92 Å². The summed E-state index contributed by atoms with van der Waals surface area (Å²) in [4.78, 5) is 15.4. The fraction of sp³-hybridized carbons (Fsp3) is 0.150. The van der Waals surface area contributed by atoms with E-state index in [4.69, 9.17) is 0 Å². The first-order valence-corrected chi connectivity index (χ1v) is 8.52. The number of rotatable bonds is 8. The van der Waals surface area contributed by atoms with Gasteiger partial charge in [0.15, 0.2) is 0 Å². The van der Waals surface area contributed by atoms with Crippen LogP contribution in [0.3, 0.4) is 0 Å². The number of aromatic nitrogens is 1. The smallest absolute Gasteiger partial charge is 0.334 e. The summed E-state index contributed by atoms with van der Waals surface area (Å²) in [6.07, 6.45) is 0. The molecule has 0 saturated carbocycles. The van der Waals surface area contributed by atoms with Crippen molar-refractivity contribution in [2.75, 3.05) is 10.6 Å². The number of hydrogen-bond acceptors (Lipinski definition) is 6. The van der Waals surface area contributed by atoms with Crippen LogP contribution in [-0.4, -0.2) is 15.0 Å². The van der Waals surface area contributed by atoms with Crippen molar-refractivity contribution in [3.8, 4) is 0 Å². The highest BCUT2D eigenvalue weighted by Gasteiger charge is 2.23. The second kappa shape index (κ2) is 8.77. The maximum Gasteiger partial charge on any atom is 0.334 e. The van der Waals surface area contributed by atoms with Gasteiger partial charge in [0.1, 0.15) is 5.69 Å². The Hall–Kier alpha value is -3.45. The number of nitrogens with one attached hydrogen (secondary N) is 2. The minimum absolute atomic E-state index is 0.131. The Labute approximate surface area is 156 Å². The normalized spacial score (nSPS) is 10.4. The van der Waals surface area contributed by atoms with Crippen LogP contribution in [0.4, 0.5) is 17.2 Å². The first-order valence-electron chi connectivity index (χ1n) is 8.52. The number of benzene rings is 2. The van der Waals surface area contributed by atoms with Crippen LogP contribution in [0.1, 0.15) is 16.8 Å². The average molecular weight is 364 g/mol. The highest BCUT2D eigenvalue weighted by Crippen LogP contribution is 2.33. The molecule has 1 aromatic heterocycles. The van der Waals surface area contributed by atoms with E-state index in [0.29, 0.717) is 24.5 Å². The van der Waals surface area contributed by atoms with Gasteiger partial charge < -0.3 is 15.7 Å². The summed E-state index contributed by atoms with van der Waals surface area (Å²) in [5.41, 5.74) is 2.50. The van der Waals surface area contributed by atoms with Gasteiger partial charge in [-0.05, 0) is 17.2 Å². The predicted octanol–water partition coefficient (Wildman–Crippen LogP) is 3.71. The van der Waals surface area contributed by atoms with E-state index in [1.54, 1.807) is 0 Å². The number of aliphatic hydroxyl groups excluding tert-OH is 1. The van der Waals surface area contributed by atoms with E-state index in [9.17, 15) is 15.2 Å². The van der Waals surface area contributed by atoms with E-state index in [0.717, 1.165) is 11.1 Å². The molecule has 3 rings (SSSR count). The molecule has 2 aromatic carbocycles. The highest BCUT2D eigenvalue weighted by molar-refractivity contribution is 5.73. The van der Waals surface area contributed by atoms with E-state index in [1.807, 2.05) is 60.7 Å².